The van der Waals surface area contributed by atoms with Crippen LogP contribution in [0.4, 0.5) is 0 Å². The van der Waals surface area contributed by atoms with Crippen molar-refractivity contribution in [2.24, 2.45) is 0 Å². The number of hydrogen-bond acceptors (Lipinski definition) is 2. The van der Waals surface area contributed by atoms with Gasteiger partial charge in [-0.1, -0.05) is 23.8 Å². The van der Waals surface area contributed by atoms with E-state index in [1.807, 2.05) is 0 Å². The molecule has 1 unspecified atom stereocenters. The molecule has 1 atom stereocenters. The van der Waals surface area contributed by atoms with Gasteiger partial charge >= 0.3 is 0 Å². The molecule has 2 nitrogen and oxygen atoms in total. The van der Waals surface area contributed by atoms with E-state index in [1.165, 1.54) is 42.6 Å². The van der Waals surface area contributed by atoms with Crippen molar-refractivity contribution in [3.63, 3.8) is 0 Å². The monoisotopic (exact) mass is 274 g/mol. The summed E-state index contributed by atoms with van der Waals surface area (Å²) in [5.74, 6) is 0. The first-order valence-corrected chi connectivity index (χ1v) is 7.93. The first-order valence-electron chi connectivity index (χ1n) is 7.93. The van der Waals surface area contributed by atoms with E-state index in [1.54, 1.807) is 0 Å². The number of likely N-dealkylation sites (tertiary alicyclic amines) is 1. The zero-order valence-corrected chi connectivity index (χ0v) is 13.8. The van der Waals surface area contributed by atoms with Crippen LogP contribution in [-0.2, 0) is 6.42 Å². The van der Waals surface area contributed by atoms with Gasteiger partial charge in [0.05, 0.1) is 0 Å². The Bertz CT molecular complexity index is 445. The lowest BCUT2D eigenvalue weighted by molar-refractivity contribution is 0.110. The Hall–Kier alpha value is -0.860. The van der Waals surface area contributed by atoms with Gasteiger partial charge in [-0.05, 0) is 78.2 Å². The third-order valence-corrected chi connectivity index (χ3v) is 5.05. The molecule has 0 saturated carbocycles. The molecule has 0 spiro atoms. The largest absolute Gasteiger partial charge is 0.315 e. The number of likely N-dealkylation sites (N-methyl/N-ethyl adjacent to an activating group) is 1. The lowest BCUT2D eigenvalue weighted by Crippen LogP contribution is -2.57. The van der Waals surface area contributed by atoms with Gasteiger partial charge in [0.15, 0.2) is 0 Å². The molecule has 1 aromatic rings. The summed E-state index contributed by atoms with van der Waals surface area (Å²) in [7, 11) is 2.10. The van der Waals surface area contributed by atoms with Crippen molar-refractivity contribution in [3.05, 3.63) is 34.9 Å². The Labute approximate surface area is 124 Å². The number of nitrogens with zero attached hydrogens (tertiary/aromatic N) is 1. The fraction of sp³-hybridized carbons (Fsp3) is 0.667. The molecule has 1 aliphatic heterocycles. The van der Waals surface area contributed by atoms with Gasteiger partial charge in [0.1, 0.15) is 0 Å². The summed E-state index contributed by atoms with van der Waals surface area (Å²) in [6, 6.07) is 7.29. The van der Waals surface area contributed by atoms with E-state index in [2.05, 4.69) is 63.2 Å². The summed E-state index contributed by atoms with van der Waals surface area (Å²) in [6.45, 7) is 11.7. The molecule has 1 aliphatic rings. The van der Waals surface area contributed by atoms with Crippen LogP contribution in [0.5, 0.6) is 0 Å². The third-order valence-electron chi connectivity index (χ3n) is 5.05. The summed E-state index contributed by atoms with van der Waals surface area (Å²) in [5.41, 5.74) is 4.46. The van der Waals surface area contributed by atoms with Crippen molar-refractivity contribution in [2.75, 3.05) is 20.1 Å². The van der Waals surface area contributed by atoms with E-state index in [0.717, 1.165) is 6.42 Å². The molecule has 2 heteroatoms. The molecule has 1 N–H and O–H groups in total. The second kappa shape index (κ2) is 6.28. The van der Waals surface area contributed by atoms with Crippen LogP contribution < -0.4 is 5.32 Å². The minimum absolute atomic E-state index is 0.210. The van der Waals surface area contributed by atoms with Gasteiger partial charge in [-0.2, -0.15) is 0 Å². The standard InChI is InChI=1S/C18H30N2/c1-14-8-9-15(2)16(12-14)13-17(19-5)18(3,4)20-10-6-7-11-20/h8-9,12,17,19H,6-7,10-11,13H2,1-5H3. The van der Waals surface area contributed by atoms with Crippen LogP contribution in [0, 0.1) is 13.8 Å². The van der Waals surface area contributed by atoms with E-state index in [0.29, 0.717) is 6.04 Å². The maximum Gasteiger partial charge on any atom is 0.0309 e. The average Bonchev–Trinajstić information content (AvgIpc) is 2.94. The van der Waals surface area contributed by atoms with Crippen LogP contribution in [0.25, 0.3) is 0 Å². The first kappa shape index (κ1) is 15.5. The smallest absolute Gasteiger partial charge is 0.0309 e. The molecule has 0 bridgehead atoms. The molecular weight excluding hydrogens is 244 g/mol. The van der Waals surface area contributed by atoms with E-state index >= 15 is 0 Å². The number of benzene rings is 1. The molecule has 2 rings (SSSR count). The lowest BCUT2D eigenvalue weighted by Gasteiger charge is -2.42. The zero-order valence-electron chi connectivity index (χ0n) is 13.8. The van der Waals surface area contributed by atoms with Crippen molar-refractivity contribution in [1.82, 2.24) is 10.2 Å². The summed E-state index contributed by atoms with van der Waals surface area (Å²) >= 11 is 0. The van der Waals surface area contributed by atoms with Crippen LogP contribution in [0.2, 0.25) is 0 Å². The number of hydrogen-bond donors (Lipinski definition) is 1. The van der Waals surface area contributed by atoms with Crippen LogP contribution in [0.3, 0.4) is 0 Å². The molecule has 112 valence electrons. The maximum absolute atomic E-state index is 3.57. The normalized spacial score (nSPS) is 18.4. The summed E-state index contributed by atoms with van der Waals surface area (Å²) < 4.78 is 0. The highest BCUT2D eigenvalue weighted by Crippen LogP contribution is 2.27. The number of aryl methyl sites for hydroxylation is 2. The SMILES string of the molecule is CNC(Cc1cc(C)ccc1C)C(C)(C)N1CCCC1. The summed E-state index contributed by atoms with van der Waals surface area (Å²) in [4.78, 5) is 2.65. The van der Waals surface area contributed by atoms with Crippen molar-refractivity contribution < 1.29 is 0 Å². The fourth-order valence-electron chi connectivity index (χ4n) is 3.46. The second-order valence-corrected chi connectivity index (χ2v) is 6.82. The highest BCUT2D eigenvalue weighted by atomic mass is 15.2. The first-order chi connectivity index (χ1) is 9.45. The summed E-state index contributed by atoms with van der Waals surface area (Å²) in [6.07, 6.45) is 3.81. The molecule has 0 aliphatic carbocycles. The van der Waals surface area contributed by atoms with E-state index in [4.69, 9.17) is 0 Å². The van der Waals surface area contributed by atoms with Gasteiger partial charge in [-0.25, -0.2) is 0 Å². The van der Waals surface area contributed by atoms with Gasteiger partial charge < -0.3 is 5.32 Å². The molecule has 1 saturated heterocycles. The van der Waals surface area contributed by atoms with Crippen molar-refractivity contribution >= 4 is 0 Å². The van der Waals surface area contributed by atoms with Gasteiger partial charge in [-0.3, -0.25) is 4.90 Å². The maximum atomic E-state index is 3.57. The van der Waals surface area contributed by atoms with Gasteiger partial charge in [0, 0.05) is 11.6 Å². The van der Waals surface area contributed by atoms with Crippen LogP contribution >= 0.6 is 0 Å². The van der Waals surface area contributed by atoms with E-state index < -0.39 is 0 Å². The van der Waals surface area contributed by atoms with Crippen molar-refractivity contribution in [1.29, 1.82) is 0 Å². The topological polar surface area (TPSA) is 15.3 Å². The Morgan fingerprint density at radius 2 is 1.85 bits per heavy atom. The highest BCUT2D eigenvalue weighted by molar-refractivity contribution is 5.31. The quantitative estimate of drug-likeness (QED) is 0.886. The molecular formula is C18H30N2. The number of nitrogens with one attached hydrogen (secondary N) is 1. The minimum atomic E-state index is 0.210. The Morgan fingerprint density at radius 3 is 2.45 bits per heavy atom. The molecule has 1 heterocycles. The van der Waals surface area contributed by atoms with Crippen LogP contribution in [-0.4, -0.2) is 36.6 Å². The molecule has 0 amide bonds. The van der Waals surface area contributed by atoms with Crippen molar-refractivity contribution in [2.45, 2.75) is 58.5 Å². The zero-order chi connectivity index (χ0) is 14.8. The third kappa shape index (κ3) is 3.24. The van der Waals surface area contributed by atoms with Crippen LogP contribution in [0.1, 0.15) is 43.4 Å². The van der Waals surface area contributed by atoms with Gasteiger partial charge in [0.25, 0.3) is 0 Å². The van der Waals surface area contributed by atoms with Crippen molar-refractivity contribution in [3.8, 4) is 0 Å². The molecule has 1 aromatic carbocycles. The highest BCUT2D eigenvalue weighted by Gasteiger charge is 2.36. The average molecular weight is 274 g/mol. The van der Waals surface area contributed by atoms with Gasteiger partial charge in [-0.15, -0.1) is 0 Å². The minimum Gasteiger partial charge on any atom is -0.315 e. The molecule has 1 fully saturated rings. The molecule has 20 heavy (non-hydrogen) atoms. The summed E-state index contributed by atoms with van der Waals surface area (Å²) in [5, 5.41) is 3.57. The van der Waals surface area contributed by atoms with Crippen LogP contribution in [0.15, 0.2) is 18.2 Å². The van der Waals surface area contributed by atoms with E-state index in [-0.39, 0.29) is 5.54 Å². The Balaban J connectivity index is 2.17. The molecule has 0 radical (unpaired) electrons. The second-order valence-electron chi connectivity index (χ2n) is 6.82. The predicted molar refractivity (Wildman–Crippen MR) is 87.4 cm³/mol. The van der Waals surface area contributed by atoms with E-state index in [9.17, 15) is 0 Å². The van der Waals surface area contributed by atoms with Gasteiger partial charge in [0.2, 0.25) is 0 Å². The lowest BCUT2D eigenvalue weighted by atomic mass is 9.86. The molecule has 0 aromatic heterocycles. The number of rotatable bonds is 5. The predicted octanol–water partition coefficient (Wildman–Crippen LogP) is 3.31. The Kier molecular flexibility index (Phi) is 4.87. The Morgan fingerprint density at radius 1 is 1.20 bits per heavy atom. The fourth-order valence-corrected chi connectivity index (χ4v) is 3.46.